The van der Waals surface area contributed by atoms with Crippen LogP contribution in [-0.4, -0.2) is 67.3 Å². The van der Waals surface area contributed by atoms with Crippen LogP contribution in [0.2, 0.25) is 0 Å². The Morgan fingerprint density at radius 1 is 0.580 bits per heavy atom. The van der Waals surface area contributed by atoms with Crippen LogP contribution in [0.1, 0.15) is 77.3 Å². The first-order valence-electron chi connectivity index (χ1n) is 16.9. The summed E-state index contributed by atoms with van der Waals surface area (Å²) in [7, 11) is 3.10. The molecule has 2 N–H and O–H groups in total. The smallest absolute Gasteiger partial charge is 0.333 e. The Hall–Kier alpha value is -4.82. The molecule has 4 heterocycles. The van der Waals surface area contributed by atoms with Gasteiger partial charge in [0.2, 0.25) is 11.8 Å². The lowest BCUT2D eigenvalue weighted by Crippen LogP contribution is -2.41. The lowest BCUT2D eigenvalue weighted by Gasteiger charge is -2.15. The normalized spacial score (nSPS) is 16.0. The van der Waals surface area contributed by atoms with Crippen LogP contribution < -0.4 is 22.5 Å². The van der Waals surface area contributed by atoms with E-state index >= 15 is 0 Å². The van der Waals surface area contributed by atoms with Gasteiger partial charge in [-0.15, -0.1) is 0 Å². The molecule has 0 unspecified atom stereocenters. The molecular weight excluding hydrogens is 644 g/mol. The molecular formula is C36H48N6O8. The third kappa shape index (κ3) is 8.66. The van der Waals surface area contributed by atoms with Crippen molar-refractivity contribution in [3.63, 3.8) is 0 Å². The van der Waals surface area contributed by atoms with Crippen LogP contribution in [0, 0.1) is 0 Å². The molecule has 2 aliphatic rings. The number of unbranched alkanes of at least 4 members (excludes halogenated alkanes) is 3. The summed E-state index contributed by atoms with van der Waals surface area (Å²) in [6.07, 6.45) is 9.84. The highest BCUT2D eigenvalue weighted by atomic mass is 16.5. The van der Waals surface area contributed by atoms with E-state index in [-0.39, 0.29) is 37.3 Å². The zero-order valence-electron chi connectivity index (χ0n) is 29.8. The summed E-state index contributed by atoms with van der Waals surface area (Å²) in [5, 5.41) is 22.0. The lowest BCUT2D eigenvalue weighted by atomic mass is 10.1. The van der Waals surface area contributed by atoms with Gasteiger partial charge in [0, 0.05) is 65.0 Å². The van der Waals surface area contributed by atoms with E-state index in [2.05, 4.69) is 9.98 Å². The number of allylic oxidation sites excluding steroid dienone is 4. The fourth-order valence-electron chi connectivity index (χ4n) is 6.06. The zero-order chi connectivity index (χ0) is 36.5. The quantitative estimate of drug-likeness (QED) is 0.237. The van der Waals surface area contributed by atoms with Crippen LogP contribution >= 0.6 is 0 Å². The SMILES string of the molecule is COCCCn1c(O)c(/C=C2\N=C(C)C=C2C)c(=O)n(CCCCCCn2c(=O)c(/C=C3\N=C(C)C=C3C)c(O)n(CCCOC)c2=O)c1=O. The van der Waals surface area contributed by atoms with Gasteiger partial charge in [0.1, 0.15) is 11.1 Å². The number of aromatic hydroxyl groups is 2. The molecule has 0 saturated carbocycles. The minimum absolute atomic E-state index is 0.00777. The first kappa shape index (κ1) is 38.0. The first-order chi connectivity index (χ1) is 23.9. The summed E-state index contributed by atoms with van der Waals surface area (Å²) in [5.41, 5.74) is 1.89. The van der Waals surface area contributed by atoms with Gasteiger partial charge in [-0.2, -0.15) is 0 Å². The van der Waals surface area contributed by atoms with Crippen LogP contribution in [0.25, 0.3) is 12.2 Å². The molecule has 0 atom stereocenters. The molecule has 2 aromatic heterocycles. The topological polar surface area (TPSA) is 172 Å². The highest BCUT2D eigenvalue weighted by molar-refractivity contribution is 5.99. The third-order valence-electron chi connectivity index (χ3n) is 8.66. The Morgan fingerprint density at radius 3 is 1.26 bits per heavy atom. The number of nitrogens with zero attached hydrogens (tertiary/aromatic N) is 6. The highest BCUT2D eigenvalue weighted by Gasteiger charge is 2.21. The molecule has 0 saturated heterocycles. The number of aliphatic imine (C=N–C) groups is 2. The van der Waals surface area contributed by atoms with Crippen LogP contribution in [-0.2, 0) is 35.7 Å². The first-order valence-corrected chi connectivity index (χ1v) is 16.9. The van der Waals surface area contributed by atoms with Crippen molar-refractivity contribution < 1.29 is 19.7 Å². The van der Waals surface area contributed by atoms with Gasteiger partial charge in [-0.25, -0.2) is 9.59 Å². The minimum Gasteiger partial charge on any atom is -0.494 e. The van der Waals surface area contributed by atoms with Crippen molar-refractivity contribution in [1.29, 1.82) is 0 Å². The predicted octanol–water partition coefficient (Wildman–Crippen LogP) is 3.60. The number of hydrogen-bond acceptors (Lipinski definition) is 10. The largest absolute Gasteiger partial charge is 0.494 e. The van der Waals surface area contributed by atoms with Gasteiger partial charge in [0.05, 0.1) is 11.4 Å². The second-order valence-electron chi connectivity index (χ2n) is 12.6. The predicted molar refractivity (Wildman–Crippen MR) is 194 cm³/mol. The molecule has 0 spiro atoms. The van der Waals surface area contributed by atoms with Crippen molar-refractivity contribution in [2.75, 3.05) is 27.4 Å². The van der Waals surface area contributed by atoms with E-state index in [0.29, 0.717) is 63.1 Å². The van der Waals surface area contributed by atoms with Crippen molar-refractivity contribution in [2.45, 2.75) is 92.4 Å². The van der Waals surface area contributed by atoms with E-state index in [9.17, 15) is 29.4 Å². The van der Waals surface area contributed by atoms with Gasteiger partial charge in [-0.05, 0) is 88.8 Å². The van der Waals surface area contributed by atoms with Gasteiger partial charge >= 0.3 is 11.4 Å². The number of ether oxygens (including phenoxy) is 2. The number of rotatable bonds is 17. The molecule has 0 amide bonds. The summed E-state index contributed by atoms with van der Waals surface area (Å²) in [5.74, 6) is -0.814. The standard InChI is InChI=1S/C36H48N6O8/c1-23-19-25(3)37-29(23)21-27-31(43)39(35(47)41(33(27)45)15-11-17-49-5)13-9-7-8-10-14-40-32(44)28(22-30-24(2)20-26(4)38-30)34(46)42(36(40)48)16-12-18-50-6/h19-22,45-46H,7-18H2,1-6H3/b29-21-,30-22-. The maximum absolute atomic E-state index is 13.5. The van der Waals surface area contributed by atoms with Gasteiger partial charge < -0.3 is 19.7 Å². The van der Waals surface area contributed by atoms with Gasteiger partial charge in [0.25, 0.3) is 11.1 Å². The Kier molecular flexibility index (Phi) is 13.1. The molecule has 0 aromatic carbocycles. The molecule has 4 rings (SSSR count). The van der Waals surface area contributed by atoms with E-state index in [1.54, 1.807) is 14.2 Å². The van der Waals surface area contributed by atoms with E-state index in [4.69, 9.17) is 9.47 Å². The molecule has 50 heavy (non-hydrogen) atoms. The molecule has 0 fully saturated rings. The van der Waals surface area contributed by atoms with E-state index in [1.165, 1.54) is 21.3 Å². The van der Waals surface area contributed by atoms with Crippen LogP contribution in [0.3, 0.4) is 0 Å². The minimum atomic E-state index is -0.609. The molecule has 270 valence electrons. The summed E-state index contributed by atoms with van der Waals surface area (Å²) >= 11 is 0. The number of methoxy groups -OCH3 is 2. The third-order valence-corrected chi connectivity index (χ3v) is 8.66. The average Bonchev–Trinajstić information content (AvgIpc) is 3.57. The van der Waals surface area contributed by atoms with Crippen molar-refractivity contribution >= 4 is 23.6 Å². The van der Waals surface area contributed by atoms with Gasteiger partial charge in [-0.1, -0.05) is 12.8 Å². The maximum atomic E-state index is 13.5. The van der Waals surface area contributed by atoms with Gasteiger partial charge in [-0.3, -0.25) is 37.8 Å². The molecule has 14 heteroatoms. The molecule has 0 aliphatic carbocycles. The fourth-order valence-corrected chi connectivity index (χ4v) is 6.06. The lowest BCUT2D eigenvalue weighted by molar-refractivity contribution is 0.188. The average molecular weight is 693 g/mol. The molecule has 14 nitrogen and oxygen atoms in total. The highest BCUT2D eigenvalue weighted by Crippen LogP contribution is 2.25. The van der Waals surface area contributed by atoms with Crippen molar-refractivity contribution in [3.8, 4) is 11.8 Å². The Bertz CT molecular complexity index is 1890. The molecule has 2 aromatic rings. The monoisotopic (exact) mass is 692 g/mol. The number of aromatic nitrogens is 4. The molecule has 2 aliphatic heterocycles. The van der Waals surface area contributed by atoms with Crippen molar-refractivity contribution in [1.82, 2.24) is 18.3 Å². The summed E-state index contributed by atoms with van der Waals surface area (Å²) in [6, 6.07) is 0. The summed E-state index contributed by atoms with van der Waals surface area (Å²) < 4.78 is 14.9. The van der Waals surface area contributed by atoms with Gasteiger partial charge in [0.15, 0.2) is 0 Å². The number of hydrogen-bond donors (Lipinski definition) is 2. The van der Waals surface area contributed by atoms with Crippen LogP contribution in [0.15, 0.2) is 63.9 Å². The Morgan fingerprint density at radius 2 is 0.940 bits per heavy atom. The Labute approximate surface area is 290 Å². The van der Waals surface area contributed by atoms with Crippen molar-refractivity contribution in [3.05, 3.63) is 87.5 Å². The Balaban J connectivity index is 1.53. The van der Waals surface area contributed by atoms with E-state index < -0.39 is 34.3 Å². The van der Waals surface area contributed by atoms with Crippen LogP contribution in [0.5, 0.6) is 11.8 Å². The molecule has 0 bridgehead atoms. The second kappa shape index (κ2) is 17.2. The van der Waals surface area contributed by atoms with E-state index in [0.717, 1.165) is 31.7 Å². The van der Waals surface area contributed by atoms with E-state index in [1.807, 2.05) is 39.8 Å². The summed E-state index contributed by atoms with van der Waals surface area (Å²) in [4.78, 5) is 62.7. The zero-order valence-corrected chi connectivity index (χ0v) is 29.8. The maximum Gasteiger partial charge on any atom is 0.333 e. The summed E-state index contributed by atoms with van der Waals surface area (Å²) in [6.45, 7) is 8.71. The fraction of sp³-hybridized carbons (Fsp3) is 0.500. The second-order valence-corrected chi connectivity index (χ2v) is 12.6. The van der Waals surface area contributed by atoms with Crippen LogP contribution in [0.4, 0.5) is 0 Å². The molecule has 0 radical (unpaired) electrons. The van der Waals surface area contributed by atoms with Crippen molar-refractivity contribution in [2.24, 2.45) is 9.98 Å².